The predicted octanol–water partition coefficient (Wildman–Crippen LogP) is 5.16. The van der Waals surface area contributed by atoms with E-state index in [-0.39, 0.29) is 12.1 Å². The third-order valence-electron chi connectivity index (χ3n) is 7.65. The number of nitrogens with one attached hydrogen (secondary N) is 1. The number of nitrogens with two attached hydrogens (primary N) is 1. The van der Waals surface area contributed by atoms with E-state index < -0.39 is 94.9 Å². The summed E-state index contributed by atoms with van der Waals surface area (Å²) in [4.78, 5) is 95.1. The number of guanidine groups is 2. The molecule has 5 amide bonds. The second kappa shape index (κ2) is 14.9. The summed E-state index contributed by atoms with van der Waals surface area (Å²) >= 11 is 0. The van der Waals surface area contributed by atoms with E-state index in [0.29, 0.717) is 5.56 Å². The lowest BCUT2D eigenvalue weighted by molar-refractivity contribution is -0.132. The summed E-state index contributed by atoms with van der Waals surface area (Å²) in [7, 11) is 0. The van der Waals surface area contributed by atoms with Crippen molar-refractivity contribution >= 4 is 54.2 Å². The van der Waals surface area contributed by atoms with E-state index in [4.69, 9.17) is 29.4 Å². The Bertz CT molecular complexity index is 1810. The van der Waals surface area contributed by atoms with Crippen LogP contribution >= 0.6 is 0 Å². The van der Waals surface area contributed by atoms with Crippen molar-refractivity contribution in [3.05, 3.63) is 41.5 Å². The Labute approximate surface area is 320 Å². The van der Waals surface area contributed by atoms with Gasteiger partial charge in [0.05, 0.1) is 6.54 Å². The highest BCUT2D eigenvalue weighted by Crippen LogP contribution is 2.48. The number of ketones is 1. The number of carbonyl (C=O) groups is 6. The van der Waals surface area contributed by atoms with Crippen molar-refractivity contribution in [3.63, 3.8) is 0 Å². The molecule has 3 aliphatic rings. The number of hydrogen-bond acceptors (Lipinski definition) is 12. The van der Waals surface area contributed by atoms with Crippen molar-refractivity contribution < 1.29 is 52.5 Å². The smallest absolute Gasteiger partial charge is 0.437 e. The summed E-state index contributed by atoms with van der Waals surface area (Å²) in [6.07, 6.45) is -4.17. The molecule has 300 valence electrons. The van der Waals surface area contributed by atoms with E-state index >= 15 is 4.79 Å². The summed E-state index contributed by atoms with van der Waals surface area (Å²) < 4.78 is 27.8. The molecule has 2 saturated heterocycles. The van der Waals surface area contributed by atoms with Gasteiger partial charge in [-0.05, 0) is 94.7 Å². The lowest BCUT2D eigenvalue weighted by Crippen LogP contribution is -2.79. The van der Waals surface area contributed by atoms with Gasteiger partial charge in [0.25, 0.3) is 0 Å². The lowest BCUT2D eigenvalue weighted by atomic mass is 9.86. The molecular formula is C37H51N7O11. The summed E-state index contributed by atoms with van der Waals surface area (Å²) in [5.74, 6) is -1.79. The van der Waals surface area contributed by atoms with Gasteiger partial charge in [0, 0.05) is 5.57 Å². The monoisotopic (exact) mass is 769 g/mol. The van der Waals surface area contributed by atoms with Gasteiger partial charge in [-0.3, -0.25) is 10.1 Å². The molecule has 0 bridgehead atoms. The Balaban J connectivity index is 2.14. The molecule has 0 radical (unpaired) electrons. The zero-order valence-electron chi connectivity index (χ0n) is 33.3. The van der Waals surface area contributed by atoms with Crippen molar-refractivity contribution in [2.75, 3.05) is 13.2 Å². The minimum Gasteiger partial charge on any atom is -0.447 e. The van der Waals surface area contributed by atoms with Crippen LogP contribution in [0.3, 0.4) is 0 Å². The highest BCUT2D eigenvalue weighted by Gasteiger charge is 2.74. The highest BCUT2D eigenvalue weighted by atomic mass is 16.6. The van der Waals surface area contributed by atoms with Gasteiger partial charge in [0.1, 0.15) is 41.1 Å². The van der Waals surface area contributed by atoms with E-state index in [1.54, 1.807) is 119 Å². The largest absolute Gasteiger partial charge is 0.447 e. The maximum Gasteiger partial charge on any atom is 0.437 e. The molecule has 18 heteroatoms. The first-order chi connectivity index (χ1) is 25.1. The second-order valence-electron chi connectivity index (χ2n) is 17.0. The van der Waals surface area contributed by atoms with Crippen molar-refractivity contribution in [3.8, 4) is 0 Å². The van der Waals surface area contributed by atoms with Crippen LogP contribution in [-0.2, 0) is 28.5 Å². The molecule has 3 N–H and O–H groups in total. The van der Waals surface area contributed by atoms with Gasteiger partial charge in [-0.15, -0.1) is 4.99 Å². The molecule has 0 saturated carbocycles. The number of rotatable bonds is 3. The Kier molecular flexibility index (Phi) is 11.4. The average Bonchev–Trinajstić information content (AvgIpc) is 3.46. The van der Waals surface area contributed by atoms with Crippen molar-refractivity contribution in [2.24, 2.45) is 15.7 Å². The number of alkyl carbamates (subject to hydrolysis) is 1. The minimum atomic E-state index is -2.36. The molecule has 1 aromatic carbocycles. The molecule has 18 nitrogen and oxygen atoms in total. The first kappa shape index (κ1) is 42.1. The second-order valence-corrected chi connectivity index (χ2v) is 17.0. The van der Waals surface area contributed by atoms with Crippen LogP contribution in [0.5, 0.6) is 0 Å². The fourth-order valence-corrected chi connectivity index (χ4v) is 6.03. The zero-order chi connectivity index (χ0) is 41.5. The molecule has 3 heterocycles. The maximum absolute atomic E-state index is 15.3. The molecule has 55 heavy (non-hydrogen) atoms. The standard InChI is InChI=1S/C37H51N7O11/c1-33(2,3)52-29(47)40-27-39-24-23(20-51-26(38)46)43(31(49)54-35(7,8)9)28(41-30(48)53-34(4,5)6)42-19-22(18-21-16-14-13-15-17-21)25(45)37(24,42)44(27)32(50)55-36(10,11)12/h13-18,23-24H,19-20H2,1-12H3,(H2,38,46)(H,39,40,47)/b22-18+,41-28+/t23-,24-,37-/m0/s1. The van der Waals surface area contributed by atoms with Crippen LogP contribution < -0.4 is 11.1 Å². The van der Waals surface area contributed by atoms with Crippen LogP contribution in [0.1, 0.15) is 88.6 Å². The SMILES string of the molecule is CC(C)(C)OC(=O)/N=C1/N(C(=O)OC(C)(C)C)[C@@H](COC(N)=O)[C@@H]2N=C(NC(=O)OC(C)(C)C)N(C(=O)OC(C)(C)C)[C@]23C(=O)/C(=C/c2ccccc2)CN13. The van der Waals surface area contributed by atoms with Gasteiger partial charge in [-0.25, -0.2) is 38.8 Å². The van der Waals surface area contributed by atoms with Crippen molar-refractivity contribution in [1.29, 1.82) is 0 Å². The Morgan fingerprint density at radius 1 is 0.855 bits per heavy atom. The molecular weight excluding hydrogens is 718 g/mol. The van der Waals surface area contributed by atoms with Gasteiger partial charge in [-0.2, -0.15) is 0 Å². The number of primary amides is 1. The zero-order valence-corrected chi connectivity index (χ0v) is 33.3. The van der Waals surface area contributed by atoms with E-state index in [2.05, 4.69) is 15.3 Å². The molecule has 1 spiro atoms. The van der Waals surface area contributed by atoms with Crippen LogP contribution in [0, 0.1) is 0 Å². The third-order valence-corrected chi connectivity index (χ3v) is 7.65. The van der Waals surface area contributed by atoms with E-state index in [1.807, 2.05) is 0 Å². The van der Waals surface area contributed by atoms with Crippen LogP contribution in [0.15, 0.2) is 45.9 Å². The predicted molar refractivity (Wildman–Crippen MR) is 199 cm³/mol. The van der Waals surface area contributed by atoms with Crippen LogP contribution in [0.4, 0.5) is 24.0 Å². The number of nitrogens with zero attached hydrogens (tertiary/aromatic N) is 5. The van der Waals surface area contributed by atoms with E-state index in [1.165, 1.54) is 4.90 Å². The molecule has 4 rings (SSSR count). The Morgan fingerprint density at radius 3 is 1.93 bits per heavy atom. The van der Waals surface area contributed by atoms with Crippen molar-refractivity contribution in [1.82, 2.24) is 20.0 Å². The number of benzene rings is 1. The number of aliphatic imine (C=N–C) groups is 2. The minimum absolute atomic E-state index is 0.0796. The average molecular weight is 770 g/mol. The topological polar surface area (TPSA) is 221 Å². The fourth-order valence-electron chi connectivity index (χ4n) is 6.03. The normalized spacial score (nSPS) is 22.8. The van der Waals surface area contributed by atoms with E-state index in [9.17, 15) is 24.0 Å². The van der Waals surface area contributed by atoms with Crippen LogP contribution in [-0.4, -0.2) is 116 Å². The Hall–Kier alpha value is -5.68. The maximum atomic E-state index is 15.3. The molecule has 3 aliphatic heterocycles. The van der Waals surface area contributed by atoms with E-state index in [0.717, 1.165) is 9.80 Å². The van der Waals surface area contributed by atoms with Gasteiger partial charge < -0.3 is 34.3 Å². The molecule has 0 aromatic heterocycles. The summed E-state index contributed by atoms with van der Waals surface area (Å²) in [6.45, 7) is 18.1. The molecule has 0 aliphatic carbocycles. The van der Waals surface area contributed by atoms with Crippen LogP contribution in [0.25, 0.3) is 6.08 Å². The fraction of sp³-hybridized carbons (Fsp3) is 0.568. The van der Waals surface area contributed by atoms with Gasteiger partial charge >= 0.3 is 30.5 Å². The molecule has 1 aromatic rings. The number of Topliss-reactive ketones (excluding diaryl/α,β-unsaturated/α-hetero) is 1. The van der Waals surface area contributed by atoms with Crippen LogP contribution in [0.2, 0.25) is 0 Å². The molecule has 0 unspecified atom stereocenters. The van der Waals surface area contributed by atoms with Gasteiger partial charge in [-0.1, -0.05) is 30.3 Å². The quantitative estimate of drug-likeness (QED) is 0.301. The molecule has 2 fully saturated rings. The highest BCUT2D eigenvalue weighted by molar-refractivity contribution is 6.20. The number of amides is 5. The summed E-state index contributed by atoms with van der Waals surface area (Å²) in [5.41, 5.74) is -0.631. The van der Waals surface area contributed by atoms with Gasteiger partial charge in [0.2, 0.25) is 23.4 Å². The summed E-state index contributed by atoms with van der Waals surface area (Å²) in [5, 5.41) is 2.47. The summed E-state index contributed by atoms with van der Waals surface area (Å²) in [6, 6.07) is 5.62. The Morgan fingerprint density at radius 2 is 1.40 bits per heavy atom. The first-order valence-corrected chi connectivity index (χ1v) is 17.6. The lowest BCUT2D eigenvalue weighted by Gasteiger charge is -2.52. The number of hydrogen-bond donors (Lipinski definition) is 2. The number of carbonyl (C=O) groups excluding carboxylic acids is 6. The van der Waals surface area contributed by atoms with Crippen molar-refractivity contribution in [2.45, 2.75) is 123 Å². The number of ether oxygens (including phenoxy) is 5. The first-order valence-electron chi connectivity index (χ1n) is 17.6. The molecule has 3 atom stereocenters. The third kappa shape index (κ3) is 9.71. The van der Waals surface area contributed by atoms with Gasteiger partial charge in [0.15, 0.2) is 0 Å².